The van der Waals surface area contributed by atoms with E-state index in [1.165, 1.54) is 12.8 Å². The van der Waals surface area contributed by atoms with Gasteiger partial charge >= 0.3 is 0 Å². The molecule has 4 N–H and O–H groups in total. The number of nitrogen functional groups attached to an aromatic ring is 1. The number of nitrogens with two attached hydrogens (primary N) is 1. The van der Waals surface area contributed by atoms with Crippen molar-refractivity contribution in [1.29, 1.82) is 0 Å². The maximum Gasteiger partial charge on any atom is 0.272 e. The lowest BCUT2D eigenvalue weighted by atomic mass is 9.93. The number of carbonyl (C=O) groups excluding carboxylic acids is 1. The molecule has 1 heterocycles. The lowest BCUT2D eigenvalue weighted by Crippen LogP contribution is -2.38. The minimum Gasteiger partial charge on any atom is -0.348 e. The topological polar surface area (TPSA) is 92.9 Å². The molecular weight excluding hydrogens is 242 g/mol. The number of hydrogen-bond donors (Lipinski definition) is 3. The maximum atomic E-state index is 12.1. The number of amides is 1. The molecular formula is C13H21N5O. The largest absolute Gasteiger partial charge is 0.348 e. The Kier molecular flexibility index (Phi) is 4.31. The first-order valence-corrected chi connectivity index (χ1v) is 6.77. The minimum atomic E-state index is -0.162. The monoisotopic (exact) mass is 263 g/mol. The van der Waals surface area contributed by atoms with Crippen LogP contribution in [0.4, 0.5) is 5.82 Å². The Bertz CT molecular complexity index is 433. The summed E-state index contributed by atoms with van der Waals surface area (Å²) in [5, 5.41) is 10.7. The summed E-state index contributed by atoms with van der Waals surface area (Å²) in [6.45, 7) is 4.41. The molecule has 1 aromatic rings. The van der Waals surface area contributed by atoms with Gasteiger partial charge in [-0.25, -0.2) is 5.84 Å². The number of nitrogens with one attached hydrogen (secondary N) is 2. The SMILES string of the molecule is CCC1CCC(NC(=O)c2ccc(NN)nn2)C1C. The zero-order valence-electron chi connectivity index (χ0n) is 11.4. The summed E-state index contributed by atoms with van der Waals surface area (Å²) in [6.07, 6.45) is 3.40. The van der Waals surface area contributed by atoms with Gasteiger partial charge in [-0.1, -0.05) is 20.3 Å². The molecule has 0 bridgehead atoms. The molecule has 0 spiro atoms. The molecule has 1 amide bonds. The highest BCUT2D eigenvalue weighted by atomic mass is 16.2. The van der Waals surface area contributed by atoms with Crippen LogP contribution in [-0.4, -0.2) is 22.1 Å². The van der Waals surface area contributed by atoms with Crippen LogP contribution in [-0.2, 0) is 0 Å². The molecule has 0 radical (unpaired) electrons. The van der Waals surface area contributed by atoms with Crippen molar-refractivity contribution >= 4 is 11.7 Å². The summed E-state index contributed by atoms with van der Waals surface area (Å²) < 4.78 is 0. The Morgan fingerprint density at radius 3 is 2.74 bits per heavy atom. The molecule has 0 aromatic carbocycles. The molecule has 1 aromatic heterocycles. The highest BCUT2D eigenvalue weighted by molar-refractivity contribution is 5.92. The normalized spacial score (nSPS) is 26.2. The van der Waals surface area contributed by atoms with Gasteiger partial charge in [-0.15, -0.1) is 10.2 Å². The minimum absolute atomic E-state index is 0.162. The van der Waals surface area contributed by atoms with Gasteiger partial charge in [-0.3, -0.25) is 4.79 Å². The van der Waals surface area contributed by atoms with Crippen LogP contribution in [0.2, 0.25) is 0 Å². The summed E-state index contributed by atoms with van der Waals surface area (Å²) in [6, 6.07) is 3.50. The highest BCUT2D eigenvalue weighted by Crippen LogP contribution is 2.33. The van der Waals surface area contributed by atoms with Crippen molar-refractivity contribution in [3.05, 3.63) is 17.8 Å². The van der Waals surface area contributed by atoms with E-state index < -0.39 is 0 Å². The summed E-state index contributed by atoms with van der Waals surface area (Å²) in [5.41, 5.74) is 2.71. The van der Waals surface area contributed by atoms with E-state index in [1.54, 1.807) is 12.1 Å². The van der Waals surface area contributed by atoms with Crippen LogP contribution >= 0.6 is 0 Å². The van der Waals surface area contributed by atoms with E-state index in [4.69, 9.17) is 5.84 Å². The van der Waals surface area contributed by atoms with E-state index in [0.29, 0.717) is 23.3 Å². The Hall–Kier alpha value is -1.69. The van der Waals surface area contributed by atoms with Gasteiger partial charge in [0.05, 0.1) is 0 Å². The zero-order chi connectivity index (χ0) is 13.8. The molecule has 19 heavy (non-hydrogen) atoms. The van der Waals surface area contributed by atoms with E-state index in [2.05, 4.69) is 34.8 Å². The van der Waals surface area contributed by atoms with Crippen molar-refractivity contribution in [3.63, 3.8) is 0 Å². The molecule has 1 saturated carbocycles. The van der Waals surface area contributed by atoms with E-state index in [0.717, 1.165) is 6.42 Å². The first-order valence-electron chi connectivity index (χ1n) is 6.77. The quantitative estimate of drug-likeness (QED) is 0.562. The van der Waals surface area contributed by atoms with Crippen LogP contribution in [0, 0.1) is 11.8 Å². The van der Waals surface area contributed by atoms with Crippen molar-refractivity contribution < 1.29 is 4.79 Å². The second-order valence-electron chi connectivity index (χ2n) is 5.13. The van der Waals surface area contributed by atoms with Gasteiger partial charge in [-0.2, -0.15) is 0 Å². The van der Waals surface area contributed by atoms with Crippen LogP contribution in [0.15, 0.2) is 12.1 Å². The lowest BCUT2D eigenvalue weighted by molar-refractivity contribution is 0.0920. The zero-order valence-corrected chi connectivity index (χ0v) is 11.4. The second kappa shape index (κ2) is 5.97. The number of nitrogens with zero attached hydrogens (tertiary/aromatic N) is 2. The predicted molar refractivity (Wildman–Crippen MR) is 73.3 cm³/mol. The van der Waals surface area contributed by atoms with Crippen molar-refractivity contribution in [3.8, 4) is 0 Å². The average molecular weight is 263 g/mol. The summed E-state index contributed by atoms with van der Waals surface area (Å²) in [7, 11) is 0. The van der Waals surface area contributed by atoms with Crippen LogP contribution in [0.1, 0.15) is 43.6 Å². The fourth-order valence-electron chi connectivity index (χ4n) is 2.80. The third-order valence-electron chi connectivity index (χ3n) is 4.11. The Morgan fingerprint density at radius 1 is 1.42 bits per heavy atom. The number of hydrazine groups is 1. The molecule has 6 nitrogen and oxygen atoms in total. The van der Waals surface area contributed by atoms with E-state index >= 15 is 0 Å². The Balaban J connectivity index is 1.97. The number of carbonyl (C=O) groups is 1. The Morgan fingerprint density at radius 2 is 2.21 bits per heavy atom. The van der Waals surface area contributed by atoms with E-state index in [-0.39, 0.29) is 11.9 Å². The van der Waals surface area contributed by atoms with Gasteiger partial charge < -0.3 is 10.7 Å². The van der Waals surface area contributed by atoms with Crippen LogP contribution < -0.4 is 16.6 Å². The lowest BCUT2D eigenvalue weighted by Gasteiger charge is -2.20. The fourth-order valence-corrected chi connectivity index (χ4v) is 2.80. The molecule has 2 rings (SSSR count). The first-order chi connectivity index (χ1) is 9.15. The Labute approximate surface area is 113 Å². The standard InChI is InChI=1S/C13H21N5O/c1-3-9-4-5-10(8(9)2)15-13(19)11-6-7-12(16-14)18-17-11/h6-10H,3-5,14H2,1-2H3,(H,15,19)(H,16,18). The third-order valence-corrected chi connectivity index (χ3v) is 4.11. The van der Waals surface area contributed by atoms with E-state index in [1.807, 2.05) is 0 Å². The maximum absolute atomic E-state index is 12.1. The van der Waals surface area contributed by atoms with Crippen molar-refractivity contribution in [1.82, 2.24) is 15.5 Å². The number of aromatic nitrogens is 2. The van der Waals surface area contributed by atoms with Gasteiger partial charge in [0.25, 0.3) is 5.91 Å². The summed E-state index contributed by atoms with van der Waals surface area (Å²) in [4.78, 5) is 12.1. The average Bonchev–Trinajstić information content (AvgIpc) is 2.79. The van der Waals surface area contributed by atoms with E-state index in [9.17, 15) is 4.79 Å². The highest BCUT2D eigenvalue weighted by Gasteiger charge is 2.32. The van der Waals surface area contributed by atoms with Gasteiger partial charge in [0.15, 0.2) is 11.5 Å². The molecule has 0 aliphatic heterocycles. The van der Waals surface area contributed by atoms with Crippen LogP contribution in [0.25, 0.3) is 0 Å². The van der Waals surface area contributed by atoms with Crippen LogP contribution in [0.5, 0.6) is 0 Å². The van der Waals surface area contributed by atoms with Crippen molar-refractivity contribution in [2.45, 2.75) is 39.2 Å². The molecule has 1 aliphatic rings. The fraction of sp³-hybridized carbons (Fsp3) is 0.615. The molecule has 3 unspecified atom stereocenters. The van der Waals surface area contributed by atoms with Crippen molar-refractivity contribution in [2.24, 2.45) is 17.7 Å². The number of hydrogen-bond acceptors (Lipinski definition) is 5. The molecule has 104 valence electrons. The predicted octanol–water partition coefficient (Wildman–Crippen LogP) is 1.32. The van der Waals surface area contributed by atoms with Crippen LogP contribution in [0.3, 0.4) is 0 Å². The number of anilines is 1. The second-order valence-corrected chi connectivity index (χ2v) is 5.13. The van der Waals surface area contributed by atoms with Gasteiger partial charge in [0.2, 0.25) is 0 Å². The first kappa shape index (κ1) is 13.7. The molecule has 1 aliphatic carbocycles. The third kappa shape index (κ3) is 3.01. The molecule has 3 atom stereocenters. The molecule has 0 saturated heterocycles. The number of rotatable bonds is 4. The van der Waals surface area contributed by atoms with Gasteiger partial charge in [0.1, 0.15) is 0 Å². The summed E-state index contributed by atoms with van der Waals surface area (Å²) >= 11 is 0. The van der Waals surface area contributed by atoms with Gasteiger partial charge in [-0.05, 0) is 36.8 Å². The smallest absolute Gasteiger partial charge is 0.272 e. The molecule has 6 heteroatoms. The van der Waals surface area contributed by atoms with Gasteiger partial charge in [0, 0.05) is 6.04 Å². The summed E-state index contributed by atoms with van der Waals surface area (Å²) in [5.74, 6) is 6.71. The van der Waals surface area contributed by atoms with Crippen molar-refractivity contribution in [2.75, 3.05) is 5.43 Å². The molecule has 1 fully saturated rings.